The maximum atomic E-state index is 6.77. The zero-order valence-electron chi connectivity index (χ0n) is 36.0. The van der Waals surface area contributed by atoms with Gasteiger partial charge in [-0.25, -0.2) is 9.13 Å². The standard InChI is InChI=1S/C54H56N4O/c1-32(2)38-22-16-23-39(33(3)4)50(38)57-28-27-56-49-37(29-46(49)41-19-12-13-20-42(41)54(56)57)31-55-25-26-58(53(55)40-18-11-10-17-36(40)9)51-44(34(5)6)30-45(35(7)8)52-48(51)43-21-14-15-24-47(43)59-52/h10-30,32-35,46,49H,31H2,1-9H3/q+2. The van der Waals surface area contributed by atoms with Crippen LogP contribution in [-0.4, -0.2) is 9.13 Å². The molecular weight excluding hydrogens is 721 g/mol. The number of aryl methyl sites for hydroxylation is 1. The molecule has 0 saturated carbocycles. The maximum absolute atomic E-state index is 6.77. The van der Waals surface area contributed by atoms with Crippen LogP contribution < -0.4 is 9.13 Å². The molecule has 59 heavy (non-hydrogen) atoms. The van der Waals surface area contributed by atoms with Crippen molar-refractivity contribution in [2.75, 3.05) is 0 Å². The van der Waals surface area contributed by atoms with Crippen LogP contribution in [0.15, 0.2) is 138 Å². The monoisotopic (exact) mass is 776 g/mol. The van der Waals surface area contributed by atoms with Crippen LogP contribution in [0.4, 0.5) is 0 Å². The largest absolute Gasteiger partial charge is 0.456 e. The summed E-state index contributed by atoms with van der Waals surface area (Å²) in [5.74, 6) is 4.19. The van der Waals surface area contributed by atoms with Gasteiger partial charge in [0, 0.05) is 33.6 Å². The molecule has 0 amide bonds. The Bertz CT molecular complexity index is 2940. The molecule has 2 unspecified atom stereocenters. The summed E-state index contributed by atoms with van der Waals surface area (Å²) in [6.45, 7) is 21.5. The van der Waals surface area contributed by atoms with Crippen molar-refractivity contribution in [1.29, 1.82) is 0 Å². The van der Waals surface area contributed by atoms with E-state index >= 15 is 0 Å². The number of imidazole rings is 2. The number of rotatable bonds is 9. The predicted molar refractivity (Wildman–Crippen MR) is 241 cm³/mol. The molecule has 296 valence electrons. The van der Waals surface area contributed by atoms with Crippen molar-refractivity contribution >= 4 is 21.9 Å². The van der Waals surface area contributed by atoms with Crippen molar-refractivity contribution in [3.63, 3.8) is 0 Å². The number of furan rings is 1. The van der Waals surface area contributed by atoms with E-state index in [1.165, 1.54) is 78.5 Å². The van der Waals surface area contributed by atoms with Gasteiger partial charge in [-0.05, 0) is 71.6 Å². The molecular formula is C54H56N4O+2. The fourth-order valence-corrected chi connectivity index (χ4v) is 10.2. The number of allylic oxidation sites excluding steroid dienone is 2. The van der Waals surface area contributed by atoms with Crippen LogP contribution in [0, 0.1) is 6.92 Å². The highest BCUT2D eigenvalue weighted by Gasteiger charge is 2.48. The van der Waals surface area contributed by atoms with Gasteiger partial charge in [0.25, 0.3) is 11.6 Å². The third kappa shape index (κ3) is 5.72. The van der Waals surface area contributed by atoms with E-state index in [1.54, 1.807) is 0 Å². The minimum atomic E-state index is 0.219. The van der Waals surface area contributed by atoms with E-state index in [1.807, 2.05) is 0 Å². The number of fused-ring (bicyclic) bond motifs is 9. The Labute approximate surface area is 348 Å². The molecule has 0 N–H and O–H groups in total. The number of hydrogen-bond acceptors (Lipinski definition) is 1. The third-order valence-corrected chi connectivity index (χ3v) is 13.2. The molecule has 5 nitrogen and oxygen atoms in total. The maximum Gasteiger partial charge on any atom is 0.294 e. The van der Waals surface area contributed by atoms with Crippen LogP contribution in [0.2, 0.25) is 0 Å². The molecule has 0 spiro atoms. The van der Waals surface area contributed by atoms with Gasteiger partial charge in [-0.3, -0.25) is 0 Å². The van der Waals surface area contributed by atoms with Gasteiger partial charge in [0.05, 0.1) is 16.5 Å². The van der Waals surface area contributed by atoms with E-state index in [-0.39, 0.29) is 6.04 Å². The van der Waals surface area contributed by atoms with Crippen molar-refractivity contribution in [2.24, 2.45) is 0 Å². The van der Waals surface area contributed by atoms with Gasteiger partial charge < -0.3 is 4.42 Å². The molecule has 8 aromatic rings. The number of nitrogens with zero attached hydrogens (tertiary/aromatic N) is 4. The lowest BCUT2D eigenvalue weighted by Gasteiger charge is -2.38. The molecule has 0 radical (unpaired) electrons. The summed E-state index contributed by atoms with van der Waals surface area (Å²) in [5.41, 5.74) is 16.5. The molecule has 0 bridgehead atoms. The number of aromatic nitrogens is 4. The van der Waals surface area contributed by atoms with Gasteiger partial charge in [0.1, 0.15) is 59.9 Å². The van der Waals surface area contributed by atoms with E-state index in [0.29, 0.717) is 29.6 Å². The normalized spacial score (nSPS) is 16.0. The van der Waals surface area contributed by atoms with Crippen LogP contribution in [0.3, 0.4) is 0 Å². The lowest BCUT2D eigenvalue weighted by molar-refractivity contribution is -0.725. The molecule has 4 heterocycles. The Kier molecular flexibility index (Phi) is 8.93. The van der Waals surface area contributed by atoms with E-state index in [4.69, 9.17) is 4.42 Å². The van der Waals surface area contributed by atoms with Gasteiger partial charge in [-0.1, -0.05) is 134 Å². The van der Waals surface area contributed by atoms with Crippen LogP contribution in [0.25, 0.3) is 56.1 Å². The summed E-state index contributed by atoms with van der Waals surface area (Å²) < 4.78 is 16.8. The topological polar surface area (TPSA) is 30.8 Å². The summed E-state index contributed by atoms with van der Waals surface area (Å²) in [4.78, 5) is 0. The second-order valence-corrected chi connectivity index (χ2v) is 18.2. The molecule has 3 aromatic heterocycles. The minimum absolute atomic E-state index is 0.219. The second-order valence-electron chi connectivity index (χ2n) is 18.2. The van der Waals surface area contributed by atoms with E-state index < -0.39 is 0 Å². The summed E-state index contributed by atoms with van der Waals surface area (Å²) in [6.07, 6.45) is 11.8. The molecule has 10 rings (SSSR count). The van der Waals surface area contributed by atoms with E-state index in [9.17, 15) is 0 Å². The lowest BCUT2D eigenvalue weighted by atomic mass is 9.72. The molecule has 5 heteroatoms. The summed E-state index contributed by atoms with van der Waals surface area (Å²) in [6, 6.07) is 36.1. The van der Waals surface area contributed by atoms with E-state index in [2.05, 4.69) is 209 Å². The van der Waals surface area contributed by atoms with Crippen molar-refractivity contribution in [3.8, 4) is 34.2 Å². The van der Waals surface area contributed by atoms with Gasteiger partial charge in [0.15, 0.2) is 0 Å². The summed E-state index contributed by atoms with van der Waals surface area (Å²) >= 11 is 0. The first-order valence-electron chi connectivity index (χ1n) is 21.7. The average molecular weight is 777 g/mol. The Balaban J connectivity index is 1.17. The molecule has 2 aliphatic rings. The molecule has 1 aliphatic heterocycles. The average Bonchev–Trinajstić information content (AvgIpc) is 3.94. The SMILES string of the molecule is Cc1ccccc1-c1n(-c2c(C(C)C)cc(C(C)C)c3oc4ccccc4c23)cc[n+]1CC1=CC2c3ccccc3-c3n(-c4c(C(C)C)cccc4C(C)C)cc[n+]3C12. The van der Waals surface area contributed by atoms with Crippen molar-refractivity contribution in [1.82, 2.24) is 9.13 Å². The number of benzene rings is 5. The van der Waals surface area contributed by atoms with Gasteiger partial charge in [-0.2, -0.15) is 9.13 Å². The smallest absolute Gasteiger partial charge is 0.294 e. The number of hydrogen-bond donors (Lipinski definition) is 0. The molecule has 2 atom stereocenters. The lowest BCUT2D eigenvalue weighted by Crippen LogP contribution is -2.53. The van der Waals surface area contributed by atoms with Crippen molar-refractivity contribution in [2.45, 2.75) is 104 Å². The fraction of sp³-hybridized carbons (Fsp3) is 0.296. The first-order chi connectivity index (χ1) is 28.5. The molecule has 1 aliphatic carbocycles. The van der Waals surface area contributed by atoms with Crippen LogP contribution in [-0.2, 0) is 6.54 Å². The predicted octanol–water partition coefficient (Wildman–Crippen LogP) is 13.2. The Morgan fingerprint density at radius 1 is 0.610 bits per heavy atom. The van der Waals surface area contributed by atoms with Gasteiger partial charge >= 0.3 is 0 Å². The molecule has 0 fully saturated rings. The van der Waals surface area contributed by atoms with Crippen LogP contribution in [0.5, 0.6) is 0 Å². The Morgan fingerprint density at radius 3 is 1.95 bits per heavy atom. The summed E-state index contributed by atoms with van der Waals surface area (Å²) in [5, 5.41) is 2.36. The highest BCUT2D eigenvalue weighted by molar-refractivity contribution is 6.11. The zero-order chi connectivity index (χ0) is 40.9. The summed E-state index contributed by atoms with van der Waals surface area (Å²) in [7, 11) is 0. The minimum Gasteiger partial charge on any atom is -0.456 e. The highest BCUT2D eigenvalue weighted by atomic mass is 16.3. The Morgan fingerprint density at radius 2 is 1.24 bits per heavy atom. The van der Waals surface area contributed by atoms with Crippen molar-refractivity contribution < 1.29 is 13.6 Å². The highest BCUT2D eigenvalue weighted by Crippen LogP contribution is 2.50. The van der Waals surface area contributed by atoms with Crippen LogP contribution in [0.1, 0.15) is 124 Å². The third-order valence-electron chi connectivity index (χ3n) is 13.2. The van der Waals surface area contributed by atoms with Crippen molar-refractivity contribution in [3.05, 3.63) is 167 Å². The second kappa shape index (κ2) is 14.1. The molecule has 5 aromatic carbocycles. The van der Waals surface area contributed by atoms with E-state index in [0.717, 1.165) is 23.1 Å². The zero-order valence-corrected chi connectivity index (χ0v) is 36.0. The van der Waals surface area contributed by atoms with Crippen LogP contribution >= 0.6 is 0 Å². The fourth-order valence-electron chi connectivity index (χ4n) is 10.2. The molecule has 0 saturated heterocycles. The Hall–Kier alpha value is -5.94. The first kappa shape index (κ1) is 37.3. The first-order valence-corrected chi connectivity index (χ1v) is 21.7. The number of para-hydroxylation sites is 2. The van der Waals surface area contributed by atoms with Gasteiger partial charge in [-0.15, -0.1) is 0 Å². The quantitative estimate of drug-likeness (QED) is 0.106. The van der Waals surface area contributed by atoms with Gasteiger partial charge in [0.2, 0.25) is 0 Å².